The highest BCUT2D eigenvalue weighted by Gasteiger charge is 2.31. The van der Waals surface area contributed by atoms with Crippen molar-refractivity contribution >= 4 is 15.9 Å². The Morgan fingerprint density at radius 1 is 1.00 bits per heavy atom. The zero-order valence-corrected chi connectivity index (χ0v) is 16.0. The van der Waals surface area contributed by atoms with Crippen LogP contribution in [0.3, 0.4) is 0 Å². The molecule has 9 heteroatoms. The number of nitrogens with zero attached hydrogens (tertiary/aromatic N) is 2. The summed E-state index contributed by atoms with van der Waals surface area (Å²) in [5, 5.41) is 2.83. The van der Waals surface area contributed by atoms with Gasteiger partial charge in [0, 0.05) is 38.8 Å². The van der Waals surface area contributed by atoms with Gasteiger partial charge in [0.1, 0.15) is 16.5 Å². The summed E-state index contributed by atoms with van der Waals surface area (Å²) >= 11 is 0. The van der Waals surface area contributed by atoms with E-state index in [1.807, 2.05) is 35.2 Å². The van der Waals surface area contributed by atoms with Crippen molar-refractivity contribution < 1.29 is 22.0 Å². The smallest absolute Gasteiger partial charge is 0.246 e. The van der Waals surface area contributed by atoms with E-state index in [-0.39, 0.29) is 25.5 Å². The summed E-state index contributed by atoms with van der Waals surface area (Å²) in [5.41, 5.74) is 0.994. The molecule has 6 nitrogen and oxygen atoms in total. The lowest BCUT2D eigenvalue weighted by molar-refractivity contribution is -0.122. The molecular weight excluding hydrogens is 388 g/mol. The Morgan fingerprint density at radius 2 is 1.68 bits per heavy atom. The topological polar surface area (TPSA) is 69.7 Å². The van der Waals surface area contributed by atoms with E-state index in [0.717, 1.165) is 22.0 Å². The molecule has 0 aromatic heterocycles. The van der Waals surface area contributed by atoms with Crippen LogP contribution >= 0.6 is 0 Å². The Morgan fingerprint density at radius 3 is 2.32 bits per heavy atom. The zero-order valence-electron chi connectivity index (χ0n) is 15.1. The van der Waals surface area contributed by atoms with E-state index < -0.39 is 26.6 Å². The third-order valence-electron chi connectivity index (χ3n) is 4.54. The fraction of sp³-hybridized carbons (Fsp3) is 0.316. The Balaban J connectivity index is 1.52. The molecule has 1 aliphatic heterocycles. The van der Waals surface area contributed by atoms with Crippen molar-refractivity contribution in [2.24, 2.45) is 0 Å². The minimum atomic E-state index is -4.04. The fourth-order valence-electron chi connectivity index (χ4n) is 3.01. The molecule has 1 heterocycles. The second kappa shape index (κ2) is 8.76. The number of halogens is 2. The Labute approximate surface area is 162 Å². The zero-order chi connectivity index (χ0) is 20.1. The predicted octanol–water partition coefficient (Wildman–Crippen LogP) is 1.59. The van der Waals surface area contributed by atoms with Crippen LogP contribution in [0, 0.1) is 11.6 Å². The number of hydrogen-bond acceptors (Lipinski definition) is 4. The largest absolute Gasteiger partial charge is 0.351 e. The average Bonchev–Trinajstić information content (AvgIpc) is 2.67. The van der Waals surface area contributed by atoms with E-state index in [0.29, 0.717) is 25.7 Å². The second-order valence-corrected chi connectivity index (χ2v) is 8.42. The van der Waals surface area contributed by atoms with Crippen molar-refractivity contribution in [1.82, 2.24) is 14.5 Å². The summed E-state index contributed by atoms with van der Waals surface area (Å²) in [5.74, 6) is -2.09. The predicted molar refractivity (Wildman–Crippen MR) is 99.8 cm³/mol. The van der Waals surface area contributed by atoms with Gasteiger partial charge in [-0.05, 0) is 17.7 Å². The van der Waals surface area contributed by atoms with E-state index in [2.05, 4.69) is 5.32 Å². The van der Waals surface area contributed by atoms with Crippen LogP contribution in [-0.4, -0.2) is 56.3 Å². The van der Waals surface area contributed by atoms with Crippen LogP contribution in [0.25, 0.3) is 0 Å². The number of hydrogen-bond donors (Lipinski definition) is 1. The molecule has 0 radical (unpaired) electrons. The molecule has 0 unspecified atom stereocenters. The number of carbonyl (C=O) groups excluding carboxylic acids is 1. The van der Waals surface area contributed by atoms with E-state index in [1.165, 1.54) is 0 Å². The average molecular weight is 409 g/mol. The molecule has 3 rings (SSSR count). The lowest BCUT2D eigenvalue weighted by atomic mass is 10.2. The molecule has 1 saturated heterocycles. The van der Waals surface area contributed by atoms with Gasteiger partial charge in [-0.25, -0.2) is 17.2 Å². The maximum absolute atomic E-state index is 13.9. The first kappa shape index (κ1) is 20.4. The van der Waals surface area contributed by atoms with Crippen LogP contribution in [0.1, 0.15) is 5.56 Å². The van der Waals surface area contributed by atoms with Gasteiger partial charge in [-0.3, -0.25) is 9.69 Å². The van der Waals surface area contributed by atoms with Crippen molar-refractivity contribution in [3.05, 3.63) is 65.7 Å². The van der Waals surface area contributed by atoms with Crippen LogP contribution in [0.5, 0.6) is 0 Å². The monoisotopic (exact) mass is 409 g/mol. The van der Waals surface area contributed by atoms with E-state index in [9.17, 15) is 22.0 Å². The van der Waals surface area contributed by atoms with Crippen LogP contribution in [0.4, 0.5) is 8.78 Å². The number of benzene rings is 2. The van der Waals surface area contributed by atoms with Gasteiger partial charge in [0.2, 0.25) is 15.9 Å². The minimum absolute atomic E-state index is 0.130. The van der Waals surface area contributed by atoms with Crippen molar-refractivity contribution in [2.75, 3.05) is 32.7 Å². The van der Waals surface area contributed by atoms with Gasteiger partial charge in [0.15, 0.2) is 0 Å². The van der Waals surface area contributed by atoms with Gasteiger partial charge in [0.05, 0.1) is 6.54 Å². The number of amides is 1. The quantitative estimate of drug-likeness (QED) is 0.787. The molecule has 28 heavy (non-hydrogen) atoms. The third-order valence-corrected chi connectivity index (χ3v) is 6.47. The van der Waals surface area contributed by atoms with Crippen molar-refractivity contribution in [2.45, 2.75) is 11.4 Å². The maximum atomic E-state index is 13.9. The SMILES string of the molecule is O=C(CN1CCN(S(=O)(=O)c2ccc(F)cc2F)CC1)NCc1ccccc1. The van der Waals surface area contributed by atoms with Crippen LogP contribution in [-0.2, 0) is 21.4 Å². The molecule has 1 N–H and O–H groups in total. The molecule has 2 aromatic rings. The standard InChI is InChI=1S/C19H21F2N3O3S/c20-16-6-7-18(17(21)12-16)28(26,27)24-10-8-23(9-11-24)14-19(25)22-13-15-4-2-1-3-5-15/h1-7,12H,8-11,13-14H2,(H,22,25). The van der Waals surface area contributed by atoms with E-state index in [1.54, 1.807) is 0 Å². The molecule has 1 fully saturated rings. The van der Waals surface area contributed by atoms with Crippen LogP contribution in [0.2, 0.25) is 0 Å². The first-order valence-electron chi connectivity index (χ1n) is 8.84. The van der Waals surface area contributed by atoms with Gasteiger partial charge in [-0.1, -0.05) is 30.3 Å². The number of rotatable bonds is 6. The van der Waals surface area contributed by atoms with Gasteiger partial charge in [0.25, 0.3) is 0 Å². The number of sulfonamides is 1. The molecule has 0 bridgehead atoms. The lowest BCUT2D eigenvalue weighted by Gasteiger charge is -2.33. The molecule has 0 spiro atoms. The molecule has 0 aliphatic carbocycles. The summed E-state index contributed by atoms with van der Waals surface area (Å²) in [6.45, 7) is 1.54. The summed E-state index contributed by atoms with van der Waals surface area (Å²) in [4.78, 5) is 13.4. The summed E-state index contributed by atoms with van der Waals surface area (Å²) in [6.07, 6.45) is 0. The van der Waals surface area contributed by atoms with E-state index in [4.69, 9.17) is 0 Å². The molecule has 0 atom stereocenters. The summed E-state index contributed by atoms with van der Waals surface area (Å²) in [6, 6.07) is 11.9. The number of piperazine rings is 1. The molecular formula is C19H21F2N3O3S. The van der Waals surface area contributed by atoms with Crippen LogP contribution in [0.15, 0.2) is 53.4 Å². The Bertz CT molecular complexity index is 931. The fourth-order valence-corrected chi connectivity index (χ4v) is 4.47. The summed E-state index contributed by atoms with van der Waals surface area (Å²) < 4.78 is 53.2. The van der Waals surface area contributed by atoms with Crippen molar-refractivity contribution in [1.29, 1.82) is 0 Å². The van der Waals surface area contributed by atoms with Crippen LogP contribution < -0.4 is 5.32 Å². The minimum Gasteiger partial charge on any atom is -0.351 e. The van der Waals surface area contributed by atoms with Crippen molar-refractivity contribution in [3.8, 4) is 0 Å². The van der Waals surface area contributed by atoms with Gasteiger partial charge in [-0.15, -0.1) is 0 Å². The maximum Gasteiger partial charge on any atom is 0.246 e. The lowest BCUT2D eigenvalue weighted by Crippen LogP contribution is -2.51. The number of nitrogens with one attached hydrogen (secondary N) is 1. The first-order valence-corrected chi connectivity index (χ1v) is 10.3. The highest BCUT2D eigenvalue weighted by Crippen LogP contribution is 2.21. The van der Waals surface area contributed by atoms with Gasteiger partial charge in [-0.2, -0.15) is 4.31 Å². The molecule has 1 aliphatic rings. The summed E-state index contributed by atoms with van der Waals surface area (Å²) in [7, 11) is -4.04. The highest BCUT2D eigenvalue weighted by molar-refractivity contribution is 7.89. The Kier molecular flexibility index (Phi) is 6.38. The second-order valence-electron chi connectivity index (χ2n) is 6.52. The van der Waals surface area contributed by atoms with Gasteiger partial charge >= 0.3 is 0 Å². The Hall–Kier alpha value is -2.36. The third kappa shape index (κ3) is 4.92. The van der Waals surface area contributed by atoms with E-state index >= 15 is 0 Å². The molecule has 0 saturated carbocycles. The molecule has 1 amide bonds. The first-order chi connectivity index (χ1) is 13.4. The normalized spacial score (nSPS) is 16.1. The number of carbonyl (C=O) groups is 1. The van der Waals surface area contributed by atoms with Crippen molar-refractivity contribution in [3.63, 3.8) is 0 Å². The van der Waals surface area contributed by atoms with Gasteiger partial charge < -0.3 is 5.32 Å². The molecule has 2 aromatic carbocycles. The highest BCUT2D eigenvalue weighted by atomic mass is 32.2. The molecule has 150 valence electrons.